The summed E-state index contributed by atoms with van der Waals surface area (Å²) >= 11 is 6.03. The third-order valence-corrected chi connectivity index (χ3v) is 3.33. The molecule has 0 amide bonds. The van der Waals surface area contributed by atoms with Gasteiger partial charge in [0.2, 0.25) is 5.95 Å². The molecule has 0 atom stereocenters. The zero-order valence-electron chi connectivity index (χ0n) is 12.6. The maximum atomic E-state index is 6.03. The summed E-state index contributed by atoms with van der Waals surface area (Å²) in [6.45, 7) is 7.16. The predicted molar refractivity (Wildman–Crippen MR) is 87.1 cm³/mol. The Kier molecular flexibility index (Phi) is 6.08. The Hall–Kier alpha value is -1.52. The van der Waals surface area contributed by atoms with Crippen molar-refractivity contribution < 1.29 is 4.74 Å². The molecule has 1 heterocycles. The van der Waals surface area contributed by atoms with E-state index in [4.69, 9.17) is 16.3 Å². The molecule has 0 aliphatic heterocycles. The lowest BCUT2D eigenvalue weighted by atomic mass is 10.2. The Bertz CT molecular complexity index is 568. The number of nitrogens with one attached hydrogen (secondary N) is 1. The van der Waals surface area contributed by atoms with Crippen molar-refractivity contribution in [2.24, 2.45) is 0 Å². The standard InChI is InChI=1S/C16H22ClN3O/c1-3-21-9-5-8-18-16-19-13(2)11-20(16)12-14-6-4-7-15(17)10-14/h4,6-7,10-11H,3,5,8-9,12H2,1-2H3,(H,18,19). The van der Waals surface area contributed by atoms with E-state index in [9.17, 15) is 0 Å². The van der Waals surface area contributed by atoms with Crippen molar-refractivity contribution in [2.45, 2.75) is 26.8 Å². The van der Waals surface area contributed by atoms with Gasteiger partial charge in [-0.2, -0.15) is 0 Å². The highest BCUT2D eigenvalue weighted by molar-refractivity contribution is 6.30. The number of ether oxygens (including phenoxy) is 1. The van der Waals surface area contributed by atoms with Crippen LogP contribution in [0.25, 0.3) is 0 Å². The first kappa shape index (κ1) is 15.9. The Balaban J connectivity index is 1.96. The number of hydrogen-bond acceptors (Lipinski definition) is 3. The van der Waals surface area contributed by atoms with Crippen LogP contribution in [-0.2, 0) is 11.3 Å². The summed E-state index contributed by atoms with van der Waals surface area (Å²) in [5, 5.41) is 4.13. The molecular weight excluding hydrogens is 286 g/mol. The second kappa shape index (κ2) is 8.05. The van der Waals surface area contributed by atoms with E-state index in [0.29, 0.717) is 0 Å². The quantitative estimate of drug-likeness (QED) is 0.755. The molecule has 4 nitrogen and oxygen atoms in total. The van der Waals surface area contributed by atoms with Gasteiger partial charge in [-0.05, 0) is 38.0 Å². The molecule has 5 heteroatoms. The van der Waals surface area contributed by atoms with Crippen LogP contribution >= 0.6 is 11.6 Å². The van der Waals surface area contributed by atoms with Gasteiger partial charge in [0, 0.05) is 31.0 Å². The third kappa shape index (κ3) is 5.06. The molecule has 0 bridgehead atoms. The first-order chi connectivity index (χ1) is 10.2. The number of hydrogen-bond donors (Lipinski definition) is 1. The minimum atomic E-state index is 0.759. The summed E-state index contributed by atoms with van der Waals surface area (Å²) in [5.41, 5.74) is 2.17. The minimum absolute atomic E-state index is 0.759. The highest BCUT2D eigenvalue weighted by Crippen LogP contribution is 2.15. The van der Waals surface area contributed by atoms with E-state index in [1.54, 1.807) is 0 Å². The van der Waals surface area contributed by atoms with Crippen molar-refractivity contribution >= 4 is 17.5 Å². The molecule has 0 aliphatic rings. The van der Waals surface area contributed by atoms with Crippen LogP contribution in [0.4, 0.5) is 5.95 Å². The summed E-state index contributed by atoms with van der Waals surface area (Å²) in [6, 6.07) is 7.91. The molecule has 114 valence electrons. The average molecular weight is 308 g/mol. The first-order valence-corrected chi connectivity index (χ1v) is 7.66. The van der Waals surface area contributed by atoms with Crippen molar-refractivity contribution in [1.82, 2.24) is 9.55 Å². The van der Waals surface area contributed by atoms with Crippen LogP contribution in [0.15, 0.2) is 30.5 Å². The van der Waals surface area contributed by atoms with Crippen LogP contribution < -0.4 is 5.32 Å². The molecule has 0 spiro atoms. The molecule has 0 unspecified atom stereocenters. The summed E-state index contributed by atoms with van der Waals surface area (Å²) in [4.78, 5) is 4.53. The van der Waals surface area contributed by atoms with Gasteiger partial charge in [-0.15, -0.1) is 0 Å². The Morgan fingerprint density at radius 3 is 3.00 bits per heavy atom. The zero-order chi connectivity index (χ0) is 15.1. The highest BCUT2D eigenvalue weighted by atomic mass is 35.5. The topological polar surface area (TPSA) is 39.1 Å². The summed E-state index contributed by atoms with van der Waals surface area (Å²) in [6.07, 6.45) is 3.02. The number of anilines is 1. The molecule has 0 radical (unpaired) electrons. The smallest absolute Gasteiger partial charge is 0.203 e. The van der Waals surface area contributed by atoms with Crippen LogP contribution in [0.3, 0.4) is 0 Å². The first-order valence-electron chi connectivity index (χ1n) is 7.29. The van der Waals surface area contributed by atoms with Crippen molar-refractivity contribution in [3.8, 4) is 0 Å². The van der Waals surface area contributed by atoms with Gasteiger partial charge in [0.15, 0.2) is 0 Å². The lowest BCUT2D eigenvalue weighted by molar-refractivity contribution is 0.147. The SMILES string of the molecule is CCOCCCNc1nc(C)cn1Cc1cccc(Cl)c1. The predicted octanol–water partition coefficient (Wildman–Crippen LogP) is 3.73. The van der Waals surface area contributed by atoms with Gasteiger partial charge >= 0.3 is 0 Å². The van der Waals surface area contributed by atoms with Crippen LogP contribution in [-0.4, -0.2) is 29.3 Å². The van der Waals surface area contributed by atoms with E-state index in [2.05, 4.69) is 20.9 Å². The van der Waals surface area contributed by atoms with E-state index < -0.39 is 0 Å². The van der Waals surface area contributed by atoms with Crippen molar-refractivity contribution in [3.63, 3.8) is 0 Å². The molecular formula is C16H22ClN3O. The van der Waals surface area contributed by atoms with Crippen LogP contribution in [0.5, 0.6) is 0 Å². The second-order valence-electron chi connectivity index (χ2n) is 4.94. The maximum absolute atomic E-state index is 6.03. The summed E-state index contributed by atoms with van der Waals surface area (Å²) in [5.74, 6) is 0.893. The fraction of sp³-hybridized carbons (Fsp3) is 0.438. The van der Waals surface area contributed by atoms with Gasteiger partial charge in [-0.1, -0.05) is 23.7 Å². The van der Waals surface area contributed by atoms with Gasteiger partial charge in [0.1, 0.15) is 0 Å². The molecule has 1 N–H and O–H groups in total. The molecule has 0 saturated carbocycles. The Morgan fingerprint density at radius 2 is 2.24 bits per heavy atom. The van der Waals surface area contributed by atoms with Gasteiger partial charge < -0.3 is 14.6 Å². The summed E-state index contributed by atoms with van der Waals surface area (Å²) < 4.78 is 7.45. The van der Waals surface area contributed by atoms with Crippen LogP contribution in [0.1, 0.15) is 24.6 Å². The van der Waals surface area contributed by atoms with Crippen molar-refractivity contribution in [3.05, 3.63) is 46.7 Å². The van der Waals surface area contributed by atoms with E-state index in [0.717, 1.165) is 55.0 Å². The van der Waals surface area contributed by atoms with E-state index in [1.165, 1.54) is 0 Å². The van der Waals surface area contributed by atoms with Crippen LogP contribution in [0, 0.1) is 6.92 Å². The fourth-order valence-corrected chi connectivity index (χ4v) is 2.37. The molecule has 21 heavy (non-hydrogen) atoms. The number of rotatable bonds is 8. The monoisotopic (exact) mass is 307 g/mol. The molecule has 1 aromatic carbocycles. The largest absolute Gasteiger partial charge is 0.382 e. The van der Waals surface area contributed by atoms with Gasteiger partial charge in [-0.3, -0.25) is 0 Å². The average Bonchev–Trinajstić information content (AvgIpc) is 2.78. The lowest BCUT2D eigenvalue weighted by Crippen LogP contribution is -2.11. The number of aromatic nitrogens is 2. The van der Waals surface area contributed by atoms with E-state index in [-0.39, 0.29) is 0 Å². The number of nitrogens with zero attached hydrogens (tertiary/aromatic N) is 2. The molecule has 2 aromatic rings. The fourth-order valence-electron chi connectivity index (χ4n) is 2.16. The number of halogens is 1. The number of benzene rings is 1. The molecule has 0 saturated heterocycles. The number of imidazole rings is 1. The maximum Gasteiger partial charge on any atom is 0.203 e. The molecule has 0 aliphatic carbocycles. The highest BCUT2D eigenvalue weighted by Gasteiger charge is 2.06. The molecule has 1 aromatic heterocycles. The minimum Gasteiger partial charge on any atom is -0.382 e. The lowest BCUT2D eigenvalue weighted by Gasteiger charge is -2.10. The van der Waals surface area contributed by atoms with Crippen LogP contribution in [0.2, 0.25) is 5.02 Å². The van der Waals surface area contributed by atoms with Crippen molar-refractivity contribution in [1.29, 1.82) is 0 Å². The second-order valence-corrected chi connectivity index (χ2v) is 5.38. The van der Waals surface area contributed by atoms with Gasteiger partial charge in [0.05, 0.1) is 12.2 Å². The zero-order valence-corrected chi connectivity index (χ0v) is 13.4. The Morgan fingerprint density at radius 1 is 1.38 bits per heavy atom. The molecule has 0 fully saturated rings. The van der Waals surface area contributed by atoms with Gasteiger partial charge in [0.25, 0.3) is 0 Å². The normalized spacial score (nSPS) is 10.8. The Labute approximate surface area is 131 Å². The van der Waals surface area contributed by atoms with Crippen molar-refractivity contribution in [2.75, 3.05) is 25.1 Å². The van der Waals surface area contributed by atoms with Gasteiger partial charge in [-0.25, -0.2) is 4.98 Å². The van der Waals surface area contributed by atoms with E-state index >= 15 is 0 Å². The number of aryl methyl sites for hydroxylation is 1. The molecule has 2 rings (SSSR count). The van der Waals surface area contributed by atoms with E-state index in [1.807, 2.05) is 38.2 Å². The summed E-state index contributed by atoms with van der Waals surface area (Å²) in [7, 11) is 0. The third-order valence-electron chi connectivity index (χ3n) is 3.09.